The zero-order valence-electron chi connectivity index (χ0n) is 21.1. The lowest BCUT2D eigenvalue weighted by Gasteiger charge is -2.29. The SMILES string of the molecule is Cc1cc(-c2ccc(=O)n(C(C)c3cccc(C4=NCC(OCC5CCN(C)CC5)=CN4)c3)c2)sn1. The van der Waals surface area contributed by atoms with E-state index < -0.39 is 0 Å². The van der Waals surface area contributed by atoms with Gasteiger partial charge in [0.05, 0.1) is 23.2 Å². The van der Waals surface area contributed by atoms with Gasteiger partial charge in [-0.1, -0.05) is 18.2 Å². The molecule has 1 unspecified atom stereocenters. The zero-order valence-corrected chi connectivity index (χ0v) is 21.9. The summed E-state index contributed by atoms with van der Waals surface area (Å²) in [6.07, 6.45) is 6.23. The van der Waals surface area contributed by atoms with E-state index in [1.54, 1.807) is 10.6 Å². The van der Waals surface area contributed by atoms with E-state index in [0.29, 0.717) is 12.5 Å². The predicted molar refractivity (Wildman–Crippen MR) is 146 cm³/mol. The first-order chi connectivity index (χ1) is 17.5. The second kappa shape index (κ2) is 10.8. The number of hydrogen-bond acceptors (Lipinski definition) is 7. The van der Waals surface area contributed by atoms with E-state index in [-0.39, 0.29) is 11.6 Å². The molecule has 188 valence electrons. The van der Waals surface area contributed by atoms with Crippen molar-refractivity contribution in [1.29, 1.82) is 0 Å². The van der Waals surface area contributed by atoms with E-state index >= 15 is 0 Å². The average Bonchev–Trinajstić information content (AvgIpc) is 3.35. The van der Waals surface area contributed by atoms with Crippen molar-refractivity contribution in [2.45, 2.75) is 32.7 Å². The number of piperidine rings is 1. The van der Waals surface area contributed by atoms with E-state index in [2.05, 4.69) is 33.8 Å². The molecule has 2 aliphatic rings. The maximum absolute atomic E-state index is 12.7. The molecule has 0 spiro atoms. The number of rotatable bonds is 7. The van der Waals surface area contributed by atoms with Crippen molar-refractivity contribution >= 4 is 17.4 Å². The van der Waals surface area contributed by atoms with Crippen LogP contribution < -0.4 is 10.9 Å². The number of hydrogen-bond donors (Lipinski definition) is 1. The van der Waals surface area contributed by atoms with Crippen LogP contribution in [-0.4, -0.2) is 53.0 Å². The van der Waals surface area contributed by atoms with Gasteiger partial charge < -0.3 is 19.5 Å². The molecule has 1 aromatic carbocycles. The Morgan fingerprint density at radius 1 is 1.17 bits per heavy atom. The van der Waals surface area contributed by atoms with Gasteiger partial charge in [0.1, 0.15) is 18.1 Å². The van der Waals surface area contributed by atoms with Crippen LogP contribution in [0.5, 0.6) is 0 Å². The van der Waals surface area contributed by atoms with Gasteiger partial charge in [0, 0.05) is 29.6 Å². The smallest absolute Gasteiger partial charge is 0.251 e. The number of ether oxygens (including phenoxy) is 1. The first-order valence-corrected chi connectivity index (χ1v) is 13.3. The van der Waals surface area contributed by atoms with Gasteiger partial charge in [0.25, 0.3) is 5.56 Å². The lowest BCUT2D eigenvalue weighted by atomic mass is 9.98. The summed E-state index contributed by atoms with van der Waals surface area (Å²) in [4.78, 5) is 20.9. The second-order valence-corrected chi connectivity index (χ2v) is 10.6. The molecular weight excluding hydrogens is 470 g/mol. The molecule has 0 bridgehead atoms. The highest BCUT2D eigenvalue weighted by Gasteiger charge is 2.19. The fourth-order valence-electron chi connectivity index (χ4n) is 4.67. The van der Waals surface area contributed by atoms with E-state index in [4.69, 9.17) is 9.73 Å². The molecule has 1 atom stereocenters. The van der Waals surface area contributed by atoms with Gasteiger partial charge in [-0.15, -0.1) is 0 Å². The summed E-state index contributed by atoms with van der Waals surface area (Å²) in [5.74, 6) is 2.31. The summed E-state index contributed by atoms with van der Waals surface area (Å²) in [6, 6.07) is 13.6. The Morgan fingerprint density at radius 3 is 2.72 bits per heavy atom. The first kappa shape index (κ1) is 24.5. The number of nitrogens with one attached hydrogen (secondary N) is 1. The number of amidine groups is 1. The van der Waals surface area contributed by atoms with E-state index in [9.17, 15) is 4.79 Å². The van der Waals surface area contributed by atoms with Crippen LogP contribution in [-0.2, 0) is 4.74 Å². The Hall–Kier alpha value is -3.23. The summed E-state index contributed by atoms with van der Waals surface area (Å²) in [6.45, 7) is 7.60. The van der Waals surface area contributed by atoms with Gasteiger partial charge in [0.2, 0.25) is 0 Å². The summed E-state index contributed by atoms with van der Waals surface area (Å²) in [5.41, 5.74) is 4.00. The summed E-state index contributed by atoms with van der Waals surface area (Å²) < 4.78 is 12.2. The average molecular weight is 504 g/mol. The largest absolute Gasteiger partial charge is 0.494 e. The number of aliphatic imine (C=N–C) groups is 1. The summed E-state index contributed by atoms with van der Waals surface area (Å²) >= 11 is 1.45. The lowest BCUT2D eigenvalue weighted by molar-refractivity contribution is 0.115. The fraction of sp³-hybridized carbons (Fsp3) is 0.393. The lowest BCUT2D eigenvalue weighted by Crippen LogP contribution is -2.32. The van der Waals surface area contributed by atoms with E-state index in [1.165, 1.54) is 24.4 Å². The molecule has 2 aliphatic heterocycles. The number of nitrogens with zero attached hydrogens (tertiary/aromatic N) is 4. The molecule has 0 aliphatic carbocycles. The number of aryl methyl sites for hydroxylation is 1. The molecule has 3 aromatic rings. The van der Waals surface area contributed by atoms with Crippen molar-refractivity contribution in [3.63, 3.8) is 0 Å². The topological polar surface area (TPSA) is 71.8 Å². The molecule has 0 radical (unpaired) electrons. The quantitative estimate of drug-likeness (QED) is 0.516. The molecule has 1 N–H and O–H groups in total. The van der Waals surface area contributed by atoms with Gasteiger partial charge in [-0.05, 0) is 88.0 Å². The van der Waals surface area contributed by atoms with Crippen LogP contribution in [0.25, 0.3) is 10.4 Å². The van der Waals surface area contributed by atoms with Crippen molar-refractivity contribution in [3.05, 3.63) is 87.8 Å². The van der Waals surface area contributed by atoms with Crippen molar-refractivity contribution in [2.75, 3.05) is 33.3 Å². The van der Waals surface area contributed by atoms with Gasteiger partial charge in [0.15, 0.2) is 0 Å². The molecule has 2 aromatic heterocycles. The second-order valence-electron chi connectivity index (χ2n) is 9.77. The molecule has 5 rings (SSSR count). The molecule has 1 saturated heterocycles. The van der Waals surface area contributed by atoms with Crippen LogP contribution in [0.4, 0.5) is 0 Å². The standard InChI is InChI=1S/C28H33N5O2S/c1-19-13-26(36-31-19)24-7-8-27(34)33(17-24)20(2)22-5-4-6-23(14-22)28-29-15-25(16-30-28)35-18-21-9-11-32(3)12-10-21/h4-8,13-15,17,20-21H,9-12,16,18H2,1-3H3,(H,29,30). The monoisotopic (exact) mass is 503 g/mol. The maximum Gasteiger partial charge on any atom is 0.251 e. The Balaban J connectivity index is 1.26. The molecule has 36 heavy (non-hydrogen) atoms. The van der Waals surface area contributed by atoms with Gasteiger partial charge in [-0.2, -0.15) is 4.37 Å². The number of pyridine rings is 1. The van der Waals surface area contributed by atoms with Crippen molar-refractivity contribution in [3.8, 4) is 10.4 Å². The van der Waals surface area contributed by atoms with Gasteiger partial charge >= 0.3 is 0 Å². The number of aromatic nitrogens is 2. The van der Waals surface area contributed by atoms with Gasteiger partial charge in [-0.3, -0.25) is 9.79 Å². The third-order valence-corrected chi connectivity index (χ3v) is 7.95. The van der Waals surface area contributed by atoms with Crippen LogP contribution in [0.2, 0.25) is 0 Å². The third-order valence-electron chi connectivity index (χ3n) is 7.02. The van der Waals surface area contributed by atoms with E-state index in [0.717, 1.165) is 58.6 Å². The van der Waals surface area contributed by atoms with E-state index in [1.807, 2.05) is 50.5 Å². The summed E-state index contributed by atoms with van der Waals surface area (Å²) in [7, 11) is 2.18. The molecule has 8 heteroatoms. The highest BCUT2D eigenvalue weighted by Crippen LogP contribution is 2.26. The van der Waals surface area contributed by atoms with Crippen molar-refractivity contribution < 1.29 is 4.74 Å². The fourth-order valence-corrected chi connectivity index (χ4v) is 5.42. The molecule has 0 saturated carbocycles. The van der Waals surface area contributed by atoms with Crippen LogP contribution in [0.3, 0.4) is 0 Å². The zero-order chi connectivity index (χ0) is 25.1. The predicted octanol–water partition coefficient (Wildman–Crippen LogP) is 4.44. The minimum absolute atomic E-state index is 0.0274. The molecule has 1 fully saturated rings. The Kier molecular flexibility index (Phi) is 7.34. The highest BCUT2D eigenvalue weighted by atomic mass is 32.1. The number of likely N-dealkylation sites (tertiary alicyclic amines) is 1. The molecule has 4 heterocycles. The minimum atomic E-state index is -0.125. The molecule has 7 nitrogen and oxygen atoms in total. The van der Waals surface area contributed by atoms with Crippen molar-refractivity contribution in [1.82, 2.24) is 19.2 Å². The maximum atomic E-state index is 12.7. The van der Waals surface area contributed by atoms with Crippen LogP contribution in [0.15, 0.2) is 70.4 Å². The van der Waals surface area contributed by atoms with Crippen molar-refractivity contribution in [2.24, 2.45) is 10.9 Å². The minimum Gasteiger partial charge on any atom is -0.494 e. The highest BCUT2D eigenvalue weighted by molar-refractivity contribution is 7.09. The van der Waals surface area contributed by atoms with Crippen LogP contribution >= 0.6 is 11.5 Å². The molecule has 0 amide bonds. The number of benzene rings is 1. The third kappa shape index (κ3) is 5.60. The Bertz CT molecular complexity index is 1330. The first-order valence-electron chi connectivity index (χ1n) is 12.5. The van der Waals surface area contributed by atoms with Crippen LogP contribution in [0, 0.1) is 12.8 Å². The summed E-state index contributed by atoms with van der Waals surface area (Å²) in [5, 5.41) is 3.31. The van der Waals surface area contributed by atoms with Gasteiger partial charge in [-0.25, -0.2) is 0 Å². The molecular formula is C28H33N5O2S. The normalized spacial score (nSPS) is 17.8. The Morgan fingerprint density at radius 2 is 2.00 bits per heavy atom. The van der Waals surface area contributed by atoms with Crippen LogP contribution in [0.1, 0.15) is 42.6 Å². The Labute approximate surface area is 216 Å².